The highest BCUT2D eigenvalue weighted by atomic mass is 16.5. The molecule has 1 saturated heterocycles. The molecule has 1 fully saturated rings. The number of anilines is 1. The molecule has 1 amide bonds. The van der Waals surface area contributed by atoms with Gasteiger partial charge in [-0.1, -0.05) is 0 Å². The molecule has 2 rings (SSSR count). The number of carbonyl (C=O) groups excluding carboxylic acids is 1. The number of nitrogens with two attached hydrogens (primary N) is 1. The molecule has 3 N–H and O–H groups in total. The fourth-order valence-corrected chi connectivity index (χ4v) is 2.07. The lowest BCUT2D eigenvalue weighted by Gasteiger charge is -2.35. The number of amides is 1. The second kappa shape index (κ2) is 4.89. The lowest BCUT2D eigenvalue weighted by Crippen LogP contribution is -2.46. The molecule has 1 unspecified atom stereocenters. The van der Waals surface area contributed by atoms with E-state index >= 15 is 0 Å². The number of carbonyl (C=O) groups is 1. The van der Waals surface area contributed by atoms with E-state index in [0.717, 1.165) is 12.8 Å². The molecule has 6 heteroatoms. The maximum absolute atomic E-state index is 11.9. The van der Waals surface area contributed by atoms with Gasteiger partial charge in [0, 0.05) is 12.6 Å². The molecule has 1 aliphatic heterocycles. The number of rotatable bonds is 2. The van der Waals surface area contributed by atoms with Crippen molar-refractivity contribution in [2.45, 2.75) is 38.3 Å². The minimum atomic E-state index is -0.217. The summed E-state index contributed by atoms with van der Waals surface area (Å²) in [4.78, 5) is 19.7. The highest BCUT2D eigenvalue weighted by Crippen LogP contribution is 2.23. The molecule has 6 nitrogen and oxygen atoms in total. The average molecular weight is 250 g/mol. The van der Waals surface area contributed by atoms with Crippen molar-refractivity contribution in [3.8, 4) is 0 Å². The first-order chi connectivity index (χ1) is 8.46. The van der Waals surface area contributed by atoms with E-state index in [-0.39, 0.29) is 23.2 Å². The van der Waals surface area contributed by atoms with E-state index in [1.54, 1.807) is 0 Å². The van der Waals surface area contributed by atoms with Gasteiger partial charge in [0.2, 0.25) is 0 Å². The normalized spacial score (nSPS) is 22.4. The predicted molar refractivity (Wildman–Crippen MR) is 67.0 cm³/mol. The minimum absolute atomic E-state index is 0.112. The van der Waals surface area contributed by atoms with E-state index in [0.29, 0.717) is 12.4 Å². The van der Waals surface area contributed by atoms with E-state index in [1.165, 1.54) is 12.4 Å². The zero-order valence-corrected chi connectivity index (χ0v) is 10.6. The SMILES string of the molecule is CC1(C)CC(NC(=O)c2cnc(N)cn2)CCO1. The summed E-state index contributed by atoms with van der Waals surface area (Å²) in [6.07, 6.45) is 4.37. The number of nitrogens with one attached hydrogen (secondary N) is 1. The Morgan fingerprint density at radius 1 is 1.50 bits per heavy atom. The minimum Gasteiger partial charge on any atom is -0.382 e. The Morgan fingerprint density at radius 2 is 2.28 bits per heavy atom. The smallest absolute Gasteiger partial charge is 0.271 e. The molecule has 98 valence electrons. The van der Waals surface area contributed by atoms with Gasteiger partial charge in [0.05, 0.1) is 18.0 Å². The van der Waals surface area contributed by atoms with Gasteiger partial charge in [-0.3, -0.25) is 4.79 Å². The van der Waals surface area contributed by atoms with Crippen molar-refractivity contribution >= 4 is 11.7 Å². The molecule has 18 heavy (non-hydrogen) atoms. The van der Waals surface area contributed by atoms with Gasteiger partial charge in [-0.25, -0.2) is 9.97 Å². The Hall–Kier alpha value is -1.69. The molecule has 0 bridgehead atoms. The summed E-state index contributed by atoms with van der Waals surface area (Å²) in [6.45, 7) is 4.70. The lowest BCUT2D eigenvalue weighted by molar-refractivity contribution is -0.0615. The van der Waals surface area contributed by atoms with Gasteiger partial charge in [0.15, 0.2) is 0 Å². The maximum Gasteiger partial charge on any atom is 0.271 e. The molecule has 0 aromatic carbocycles. The van der Waals surface area contributed by atoms with E-state index in [2.05, 4.69) is 15.3 Å². The van der Waals surface area contributed by atoms with Crippen molar-refractivity contribution in [3.05, 3.63) is 18.1 Å². The van der Waals surface area contributed by atoms with Crippen molar-refractivity contribution in [2.24, 2.45) is 0 Å². The van der Waals surface area contributed by atoms with Crippen LogP contribution in [0.5, 0.6) is 0 Å². The van der Waals surface area contributed by atoms with Crippen LogP contribution in [0.3, 0.4) is 0 Å². The Labute approximate surface area is 106 Å². The molecule has 0 aliphatic carbocycles. The van der Waals surface area contributed by atoms with Crippen molar-refractivity contribution in [2.75, 3.05) is 12.3 Å². The number of hydrogen-bond acceptors (Lipinski definition) is 5. The van der Waals surface area contributed by atoms with Crippen LogP contribution in [0.15, 0.2) is 12.4 Å². The number of nitrogens with zero attached hydrogens (tertiary/aromatic N) is 2. The summed E-state index contributed by atoms with van der Waals surface area (Å²) < 4.78 is 5.60. The Bertz CT molecular complexity index is 430. The van der Waals surface area contributed by atoms with Gasteiger partial charge in [0.25, 0.3) is 5.91 Å². The summed E-state index contributed by atoms with van der Waals surface area (Å²) in [7, 11) is 0. The largest absolute Gasteiger partial charge is 0.382 e. The third-order valence-electron chi connectivity index (χ3n) is 2.94. The maximum atomic E-state index is 11.9. The van der Waals surface area contributed by atoms with E-state index in [4.69, 9.17) is 10.5 Å². The summed E-state index contributed by atoms with van der Waals surface area (Å²) in [5.41, 5.74) is 5.52. The van der Waals surface area contributed by atoms with Crippen molar-refractivity contribution in [1.29, 1.82) is 0 Å². The second-order valence-corrected chi connectivity index (χ2v) is 5.10. The van der Waals surface area contributed by atoms with Gasteiger partial charge in [-0.15, -0.1) is 0 Å². The zero-order valence-electron chi connectivity index (χ0n) is 10.6. The summed E-state index contributed by atoms with van der Waals surface area (Å²) in [6, 6.07) is 0.112. The standard InChI is InChI=1S/C12H18N4O2/c1-12(2)5-8(3-4-18-12)16-11(17)9-6-15-10(13)7-14-9/h6-8H,3-5H2,1-2H3,(H2,13,15)(H,16,17). The van der Waals surface area contributed by atoms with Crippen LogP contribution in [0.2, 0.25) is 0 Å². The third kappa shape index (κ3) is 3.16. The van der Waals surface area contributed by atoms with Crippen LogP contribution < -0.4 is 11.1 Å². The van der Waals surface area contributed by atoms with E-state index in [1.807, 2.05) is 13.8 Å². The van der Waals surface area contributed by atoms with Crippen LogP contribution in [0.25, 0.3) is 0 Å². The molecular formula is C12H18N4O2. The predicted octanol–water partition coefficient (Wildman–Crippen LogP) is 0.746. The molecule has 1 aromatic heterocycles. The Morgan fingerprint density at radius 3 is 2.89 bits per heavy atom. The van der Waals surface area contributed by atoms with Crippen LogP contribution in [0.1, 0.15) is 37.2 Å². The molecule has 1 atom stereocenters. The molecule has 0 saturated carbocycles. The van der Waals surface area contributed by atoms with Crippen molar-refractivity contribution < 1.29 is 9.53 Å². The Balaban J connectivity index is 1.97. The van der Waals surface area contributed by atoms with Crippen molar-refractivity contribution in [3.63, 3.8) is 0 Å². The summed E-state index contributed by atoms with van der Waals surface area (Å²) in [5.74, 6) is 0.0870. The van der Waals surface area contributed by atoms with Crippen LogP contribution in [0.4, 0.5) is 5.82 Å². The quantitative estimate of drug-likeness (QED) is 0.808. The molecule has 1 aromatic rings. The molecule has 1 aliphatic rings. The fraction of sp³-hybridized carbons (Fsp3) is 0.583. The number of aromatic nitrogens is 2. The van der Waals surface area contributed by atoms with Crippen LogP contribution in [0, 0.1) is 0 Å². The monoisotopic (exact) mass is 250 g/mol. The first-order valence-corrected chi connectivity index (χ1v) is 5.99. The van der Waals surface area contributed by atoms with Gasteiger partial charge in [-0.2, -0.15) is 0 Å². The third-order valence-corrected chi connectivity index (χ3v) is 2.94. The second-order valence-electron chi connectivity index (χ2n) is 5.10. The van der Waals surface area contributed by atoms with E-state index in [9.17, 15) is 4.79 Å². The molecule has 0 spiro atoms. The topological polar surface area (TPSA) is 90.1 Å². The highest BCUT2D eigenvalue weighted by molar-refractivity contribution is 5.92. The van der Waals surface area contributed by atoms with E-state index < -0.39 is 0 Å². The number of nitrogen functional groups attached to an aromatic ring is 1. The van der Waals surface area contributed by atoms with Gasteiger partial charge < -0.3 is 15.8 Å². The summed E-state index contributed by atoms with van der Waals surface area (Å²) in [5, 5.41) is 2.95. The fourth-order valence-electron chi connectivity index (χ4n) is 2.07. The van der Waals surface area contributed by atoms with Gasteiger partial charge >= 0.3 is 0 Å². The zero-order chi connectivity index (χ0) is 13.2. The van der Waals surface area contributed by atoms with Gasteiger partial charge in [0.1, 0.15) is 11.5 Å². The van der Waals surface area contributed by atoms with Crippen molar-refractivity contribution in [1.82, 2.24) is 15.3 Å². The lowest BCUT2D eigenvalue weighted by atomic mass is 9.94. The first kappa shape index (κ1) is 12.8. The number of ether oxygens (including phenoxy) is 1. The van der Waals surface area contributed by atoms with Crippen LogP contribution in [-0.2, 0) is 4.74 Å². The molecule has 0 radical (unpaired) electrons. The molecular weight excluding hydrogens is 232 g/mol. The Kier molecular flexibility index (Phi) is 3.47. The first-order valence-electron chi connectivity index (χ1n) is 5.99. The average Bonchev–Trinajstić information content (AvgIpc) is 2.28. The van der Waals surface area contributed by atoms with Crippen LogP contribution >= 0.6 is 0 Å². The number of hydrogen-bond donors (Lipinski definition) is 2. The molecule has 2 heterocycles. The highest BCUT2D eigenvalue weighted by Gasteiger charge is 2.29. The van der Waals surface area contributed by atoms with Crippen LogP contribution in [-0.4, -0.2) is 34.1 Å². The van der Waals surface area contributed by atoms with Gasteiger partial charge in [-0.05, 0) is 26.7 Å². The summed E-state index contributed by atoms with van der Waals surface area (Å²) >= 11 is 0.